The Bertz CT molecular complexity index is 3470. The van der Waals surface area contributed by atoms with Gasteiger partial charge in [0.2, 0.25) is 82.7 Å². The lowest BCUT2D eigenvalue weighted by molar-refractivity contribution is -0.143. The molecule has 1 heterocycles. The largest absolute Gasteiger partial charge is 0.508 e. The van der Waals surface area contributed by atoms with Crippen LogP contribution in [0.25, 0.3) is 0 Å². The number of aliphatic hydroxyl groups excluding tert-OH is 4. The van der Waals surface area contributed by atoms with E-state index in [1.807, 2.05) is 10.6 Å². The van der Waals surface area contributed by atoms with E-state index in [1.54, 1.807) is 44.2 Å². The Hall–Kier alpha value is -10.7. The molecule has 108 heavy (non-hydrogen) atoms. The molecule has 0 spiro atoms. The second-order valence-corrected chi connectivity index (χ2v) is 25.9. The Morgan fingerprint density at radius 2 is 0.963 bits per heavy atom. The first-order valence-electron chi connectivity index (χ1n) is 34.2. The average molecular weight is 1550 g/mol. The normalized spacial score (nSPS) is 16.1. The van der Waals surface area contributed by atoms with Gasteiger partial charge in [-0.2, -0.15) is 12.6 Å². The van der Waals surface area contributed by atoms with Crippen LogP contribution < -0.4 is 81.0 Å². The first-order valence-corrected chi connectivity index (χ1v) is 34.9. The average Bonchev–Trinajstić information content (AvgIpc) is 1.58. The number of amides is 14. The maximum atomic E-state index is 14.3. The molecule has 0 radical (unpaired) electrons. The van der Waals surface area contributed by atoms with Crippen molar-refractivity contribution in [1.29, 1.82) is 0 Å². The molecule has 598 valence electrons. The van der Waals surface area contributed by atoms with Crippen molar-refractivity contribution in [1.82, 2.24) is 68.7 Å². The van der Waals surface area contributed by atoms with Crippen molar-refractivity contribution < 1.29 is 122 Å². The Labute approximate surface area is 624 Å². The number of carboxylic acids is 3. The van der Waals surface area contributed by atoms with Crippen LogP contribution in [-0.2, 0) is 94.3 Å². The zero-order chi connectivity index (χ0) is 81.1. The molecule has 0 aromatic heterocycles. The van der Waals surface area contributed by atoms with Crippen LogP contribution in [0.2, 0.25) is 0 Å². The van der Waals surface area contributed by atoms with Gasteiger partial charge in [0.1, 0.15) is 78.3 Å². The van der Waals surface area contributed by atoms with Gasteiger partial charge >= 0.3 is 17.9 Å². The van der Waals surface area contributed by atoms with Gasteiger partial charge in [0, 0.05) is 38.0 Å². The highest BCUT2D eigenvalue weighted by Crippen LogP contribution is 2.21. The van der Waals surface area contributed by atoms with Crippen LogP contribution >= 0.6 is 12.6 Å². The van der Waals surface area contributed by atoms with E-state index >= 15 is 0 Å². The number of aromatic hydroxyl groups is 1. The molecular formula is C66H98N16O25S. The monoisotopic (exact) mass is 1550 g/mol. The third-order valence-corrected chi connectivity index (χ3v) is 17.0. The molecule has 26 N–H and O–H groups in total. The van der Waals surface area contributed by atoms with Crippen LogP contribution in [0.3, 0.4) is 0 Å². The SMILES string of the molecule is CC(C)[C@H](NC(=O)CNC(=O)[C@@H]1CCCN1C(=O)[C@H](CCCCN)NC(=O)[C@H](CO)NC(=O)[C@H](CS)NC(=O)[C@H](CCC(N)=O)NC(=O)[C@H](CO)NC(=O)[C@H](CO)NC(=O)[C@@H](NC(=O)[C@H](CCC(=O)O)NC(=O)[C@H](Cc1ccccc1)NC(=O)[C@H](Cc1ccc(O)cc1)NC(=O)[C@@H](N)CC(=O)O)[C@@H](C)O)C(=O)O. The molecule has 14 atom stereocenters. The minimum Gasteiger partial charge on any atom is -0.508 e. The lowest BCUT2D eigenvalue weighted by atomic mass is 10.0. The number of nitrogens with zero attached hydrogens (tertiary/aromatic N) is 1. The van der Waals surface area contributed by atoms with Crippen LogP contribution in [0.1, 0.15) is 96.1 Å². The maximum absolute atomic E-state index is 14.3. The third-order valence-electron chi connectivity index (χ3n) is 16.6. The van der Waals surface area contributed by atoms with Gasteiger partial charge in [-0.05, 0) is 87.6 Å². The molecular weight excluding hydrogens is 1450 g/mol. The minimum absolute atomic E-state index is 0.0321. The standard InChI is InChI=1S/C66H98N16O25S/c1-32(2)52(66(106)107)80-49(89)27-70-63(103)47-13-9-23-82(47)65(105)40(12-7-8-22-67)73-60(100)44(29-84)77-62(102)46(31-108)79-55(95)38(18-20-48(69)88)72-59(99)43(28-83)76-61(101)45(30-85)78-64(104)53(33(3)86)81-56(96)39(19-21-50(90)91)71-57(97)42(24-34-10-5-4-6-11-34)75-58(98)41(25-35-14-16-36(87)17-15-35)74-54(94)37(68)26-51(92)93/h4-6,10-11,14-17,32-33,37-47,52-53,83-87,108H,7-9,12-13,18-31,67-68H2,1-3H3,(H2,69,88)(H,70,103)(H,71,97)(H,72,99)(H,73,100)(H,74,94)(H,75,98)(H,76,101)(H,77,102)(H,78,104)(H,79,95)(H,80,89)(H,81,96)(H,90,91)(H,92,93)(H,106,107)/t33-,37+,38+,39+,40+,41+,42+,43+,44+,45+,46+,47+,52+,53+/m1/s1. The second kappa shape index (κ2) is 46.4. The highest BCUT2D eigenvalue weighted by molar-refractivity contribution is 7.80. The number of aliphatic carboxylic acids is 3. The van der Waals surface area contributed by atoms with Gasteiger partial charge < -0.3 is 127 Å². The van der Waals surface area contributed by atoms with Crippen molar-refractivity contribution in [2.75, 3.05) is 45.2 Å². The van der Waals surface area contributed by atoms with Crippen LogP contribution in [0, 0.1) is 5.92 Å². The number of carbonyl (C=O) groups is 17. The molecule has 0 aliphatic carbocycles. The number of phenols is 1. The van der Waals surface area contributed by atoms with E-state index in [0.717, 1.165) is 6.92 Å². The zero-order valence-corrected chi connectivity index (χ0v) is 60.3. The van der Waals surface area contributed by atoms with Gasteiger partial charge in [-0.15, -0.1) is 0 Å². The predicted molar refractivity (Wildman–Crippen MR) is 379 cm³/mol. The molecule has 1 fully saturated rings. The summed E-state index contributed by atoms with van der Waals surface area (Å²) in [6, 6.07) is -9.03. The number of nitrogens with one attached hydrogen (secondary N) is 12. The van der Waals surface area contributed by atoms with Gasteiger partial charge in [-0.3, -0.25) is 76.7 Å². The number of likely N-dealkylation sites (tertiary alicyclic amines) is 1. The van der Waals surface area contributed by atoms with Crippen molar-refractivity contribution in [3.63, 3.8) is 0 Å². The molecule has 1 aliphatic heterocycles. The van der Waals surface area contributed by atoms with Crippen molar-refractivity contribution in [2.24, 2.45) is 23.1 Å². The maximum Gasteiger partial charge on any atom is 0.326 e. The topological polar surface area (TPSA) is 678 Å². The van der Waals surface area contributed by atoms with E-state index in [2.05, 4.69) is 65.8 Å². The van der Waals surface area contributed by atoms with E-state index in [0.29, 0.717) is 24.0 Å². The molecule has 1 aliphatic rings. The van der Waals surface area contributed by atoms with E-state index in [1.165, 1.54) is 29.2 Å². The Kier molecular flexibility index (Phi) is 39.4. The van der Waals surface area contributed by atoms with Crippen LogP contribution in [0.15, 0.2) is 54.6 Å². The number of unbranched alkanes of at least 4 members (excludes halogenated alkanes) is 1. The van der Waals surface area contributed by atoms with Gasteiger partial charge in [-0.25, -0.2) is 4.79 Å². The molecule has 41 nitrogen and oxygen atoms in total. The summed E-state index contributed by atoms with van der Waals surface area (Å²) in [5.41, 5.74) is 17.6. The summed E-state index contributed by atoms with van der Waals surface area (Å²) >= 11 is 4.12. The van der Waals surface area contributed by atoms with Crippen molar-refractivity contribution in [3.05, 3.63) is 65.7 Å². The Morgan fingerprint density at radius 3 is 1.44 bits per heavy atom. The van der Waals surface area contributed by atoms with Crippen molar-refractivity contribution in [2.45, 2.75) is 182 Å². The molecule has 0 bridgehead atoms. The molecule has 14 amide bonds. The predicted octanol–water partition coefficient (Wildman–Crippen LogP) is -9.29. The van der Waals surface area contributed by atoms with Crippen LogP contribution in [0.4, 0.5) is 0 Å². The summed E-state index contributed by atoms with van der Waals surface area (Å²) in [5.74, 6) is -21.2. The van der Waals surface area contributed by atoms with Gasteiger partial charge in [0.05, 0.1) is 44.9 Å². The Balaban J connectivity index is 1.79. The lowest BCUT2D eigenvalue weighted by Crippen LogP contribution is -2.63. The number of phenolic OH excluding ortho intramolecular Hbond substituents is 1. The first-order chi connectivity index (χ1) is 51.0. The quantitative estimate of drug-likeness (QED) is 0.0216. The molecule has 1 saturated heterocycles. The number of carboxylic acid groups (broad SMARTS) is 3. The zero-order valence-electron chi connectivity index (χ0n) is 59.4. The Morgan fingerprint density at radius 1 is 0.519 bits per heavy atom. The van der Waals surface area contributed by atoms with E-state index in [4.69, 9.17) is 17.2 Å². The highest BCUT2D eigenvalue weighted by atomic mass is 32.1. The molecule has 42 heteroatoms. The fourth-order valence-electron chi connectivity index (χ4n) is 10.7. The summed E-state index contributed by atoms with van der Waals surface area (Å²) < 4.78 is 0. The van der Waals surface area contributed by atoms with E-state index in [9.17, 15) is 122 Å². The number of thiol groups is 1. The summed E-state index contributed by atoms with van der Waals surface area (Å²) in [5, 5.41) is 107. The molecule has 2 aromatic carbocycles. The van der Waals surface area contributed by atoms with Gasteiger partial charge in [0.25, 0.3) is 0 Å². The summed E-state index contributed by atoms with van der Waals surface area (Å²) in [4.78, 5) is 227. The van der Waals surface area contributed by atoms with Crippen LogP contribution in [0.5, 0.6) is 5.75 Å². The van der Waals surface area contributed by atoms with Gasteiger partial charge in [0.15, 0.2) is 0 Å². The second-order valence-electron chi connectivity index (χ2n) is 25.5. The number of nitrogens with two attached hydrogens (primary N) is 3. The number of carbonyl (C=O) groups excluding carboxylic acids is 14. The number of hydrogen-bond donors (Lipinski definition) is 24. The fourth-order valence-corrected chi connectivity index (χ4v) is 10.9. The van der Waals surface area contributed by atoms with Crippen LogP contribution in [-0.4, -0.2) is 276 Å². The molecule has 2 aromatic rings. The van der Waals surface area contributed by atoms with E-state index < -0.39 is 255 Å². The summed E-state index contributed by atoms with van der Waals surface area (Å²) in [6.45, 7) is -0.000654. The minimum atomic E-state index is -2.11. The fraction of sp³-hybridized carbons (Fsp3) is 0.561. The van der Waals surface area contributed by atoms with Gasteiger partial charge in [-0.1, -0.05) is 56.3 Å². The van der Waals surface area contributed by atoms with Crippen molar-refractivity contribution in [3.8, 4) is 5.75 Å². The number of aliphatic hydroxyl groups is 4. The highest BCUT2D eigenvalue weighted by Gasteiger charge is 2.41. The smallest absolute Gasteiger partial charge is 0.326 e. The lowest BCUT2D eigenvalue weighted by Gasteiger charge is -2.30. The van der Waals surface area contributed by atoms with E-state index in [-0.39, 0.29) is 50.9 Å². The number of benzene rings is 2. The van der Waals surface area contributed by atoms with Crippen molar-refractivity contribution >= 4 is 113 Å². The summed E-state index contributed by atoms with van der Waals surface area (Å²) in [7, 11) is 0. The summed E-state index contributed by atoms with van der Waals surface area (Å²) in [6.07, 6.45) is -5.14. The molecule has 0 saturated carbocycles. The number of hydrogen-bond acceptors (Lipinski definition) is 25. The number of primary amides is 1. The molecule has 0 unspecified atom stereocenters. The first kappa shape index (κ1) is 91.5. The third kappa shape index (κ3) is 31.0. The molecule has 3 rings (SSSR count). The number of rotatable bonds is 48.